The molecule has 1 aromatic carbocycles. The largest absolute Gasteiger partial charge is 0.335 e. The van der Waals surface area contributed by atoms with Gasteiger partial charge in [-0.2, -0.15) is 0 Å². The van der Waals surface area contributed by atoms with E-state index in [0.29, 0.717) is 19.4 Å². The number of halogens is 1. The van der Waals surface area contributed by atoms with Crippen molar-refractivity contribution in [3.05, 3.63) is 35.9 Å². The maximum atomic E-state index is 12.1. The van der Waals surface area contributed by atoms with E-state index in [2.05, 4.69) is 0 Å². The fraction of sp³-hybridized carbons (Fsp3) is 0.455. The molecule has 0 bridgehead atoms. The fourth-order valence-corrected chi connectivity index (χ4v) is 3.03. The third-order valence-electron chi connectivity index (χ3n) is 1.87. The van der Waals surface area contributed by atoms with Crippen LogP contribution in [0.1, 0.15) is 19.4 Å². The second-order valence-corrected chi connectivity index (χ2v) is 5.14. The van der Waals surface area contributed by atoms with Gasteiger partial charge in [0.25, 0.3) is 0 Å². The minimum atomic E-state index is -2.94. The lowest BCUT2D eigenvalue weighted by atomic mass is 10.2. The minimum Gasteiger partial charge on any atom is -0.309 e. The van der Waals surface area contributed by atoms with Crippen LogP contribution in [0.15, 0.2) is 30.3 Å². The van der Waals surface area contributed by atoms with E-state index in [1.807, 2.05) is 44.2 Å². The van der Waals surface area contributed by atoms with Gasteiger partial charge in [-0.1, -0.05) is 30.3 Å². The summed E-state index contributed by atoms with van der Waals surface area (Å²) in [6.07, 6.45) is 0.343. The zero-order chi connectivity index (χ0) is 11.1. The summed E-state index contributed by atoms with van der Waals surface area (Å²) in [5, 5.41) is 0. The van der Waals surface area contributed by atoms with E-state index < -0.39 is 7.60 Å². The van der Waals surface area contributed by atoms with Crippen LogP contribution in [0.5, 0.6) is 0 Å². The van der Waals surface area contributed by atoms with Gasteiger partial charge in [0.05, 0.1) is 19.4 Å². The van der Waals surface area contributed by atoms with Crippen LogP contribution in [0.4, 0.5) is 0 Å². The molecule has 0 atom stereocenters. The molecular formula is C11H18ClO3P. The SMILES string of the molecule is CCOP(=O)(Cc1ccccc1)OCC.Cl. The molecule has 0 amide bonds. The Morgan fingerprint density at radius 1 is 1.06 bits per heavy atom. The number of rotatable bonds is 6. The second-order valence-electron chi connectivity index (χ2n) is 3.09. The van der Waals surface area contributed by atoms with Crippen LogP contribution in [0.2, 0.25) is 0 Å². The van der Waals surface area contributed by atoms with Gasteiger partial charge in [-0.15, -0.1) is 12.4 Å². The molecule has 16 heavy (non-hydrogen) atoms. The van der Waals surface area contributed by atoms with Crippen molar-refractivity contribution in [2.45, 2.75) is 20.0 Å². The van der Waals surface area contributed by atoms with Crippen LogP contribution >= 0.6 is 20.0 Å². The first kappa shape index (κ1) is 15.7. The molecule has 0 heterocycles. The lowest BCUT2D eigenvalue weighted by Gasteiger charge is -2.16. The molecule has 3 nitrogen and oxygen atoms in total. The van der Waals surface area contributed by atoms with Crippen LogP contribution in [0.25, 0.3) is 0 Å². The summed E-state index contributed by atoms with van der Waals surface area (Å²) in [6, 6.07) is 9.60. The number of hydrogen-bond donors (Lipinski definition) is 0. The molecule has 5 heteroatoms. The number of hydrogen-bond acceptors (Lipinski definition) is 3. The van der Waals surface area contributed by atoms with Crippen LogP contribution in [-0.2, 0) is 19.8 Å². The van der Waals surface area contributed by atoms with E-state index in [0.717, 1.165) is 5.56 Å². The molecule has 0 aromatic heterocycles. The highest BCUT2D eigenvalue weighted by Gasteiger charge is 2.23. The molecule has 1 aromatic rings. The Labute approximate surface area is 103 Å². The summed E-state index contributed by atoms with van der Waals surface area (Å²) in [4.78, 5) is 0. The van der Waals surface area contributed by atoms with Gasteiger partial charge < -0.3 is 9.05 Å². The Kier molecular flexibility index (Phi) is 7.69. The summed E-state index contributed by atoms with van der Waals surface area (Å²) in [7, 11) is -2.94. The van der Waals surface area contributed by atoms with Crippen molar-refractivity contribution < 1.29 is 13.6 Å². The quantitative estimate of drug-likeness (QED) is 0.732. The molecule has 0 aliphatic rings. The maximum absolute atomic E-state index is 12.1. The Hall–Kier alpha value is -0.340. The third kappa shape index (κ3) is 5.13. The predicted molar refractivity (Wildman–Crippen MR) is 68.3 cm³/mol. The summed E-state index contributed by atoms with van der Waals surface area (Å²) in [6.45, 7) is 4.45. The van der Waals surface area contributed by atoms with Gasteiger partial charge in [0.2, 0.25) is 0 Å². The van der Waals surface area contributed by atoms with Gasteiger partial charge in [0.15, 0.2) is 0 Å². The first-order chi connectivity index (χ1) is 7.20. The average Bonchev–Trinajstić information content (AvgIpc) is 2.19. The fourth-order valence-electron chi connectivity index (χ4n) is 1.33. The van der Waals surface area contributed by atoms with Crippen molar-refractivity contribution in [3.63, 3.8) is 0 Å². The highest BCUT2D eigenvalue weighted by molar-refractivity contribution is 7.53. The van der Waals surface area contributed by atoms with Crippen LogP contribution in [-0.4, -0.2) is 13.2 Å². The van der Waals surface area contributed by atoms with Crippen molar-refractivity contribution in [1.82, 2.24) is 0 Å². The minimum absolute atomic E-state index is 0. The van der Waals surface area contributed by atoms with Crippen LogP contribution in [0, 0.1) is 0 Å². The van der Waals surface area contributed by atoms with Gasteiger partial charge in [-0.3, -0.25) is 4.57 Å². The maximum Gasteiger partial charge on any atom is 0.335 e. The molecule has 0 aliphatic carbocycles. The molecule has 0 saturated carbocycles. The molecule has 1 rings (SSSR count). The normalized spacial score (nSPS) is 10.9. The van der Waals surface area contributed by atoms with Gasteiger partial charge in [0.1, 0.15) is 0 Å². The molecule has 0 aliphatic heterocycles. The Morgan fingerprint density at radius 3 is 2.00 bits per heavy atom. The van der Waals surface area contributed by atoms with E-state index in [4.69, 9.17) is 9.05 Å². The topological polar surface area (TPSA) is 35.5 Å². The molecule has 0 radical (unpaired) electrons. The standard InChI is InChI=1S/C11H17O3P.ClH/c1-3-13-15(12,14-4-2)10-11-8-6-5-7-9-11;/h5-9H,3-4,10H2,1-2H3;1H. The van der Waals surface area contributed by atoms with Crippen LogP contribution < -0.4 is 0 Å². The third-order valence-corrected chi connectivity index (χ3v) is 3.93. The van der Waals surface area contributed by atoms with Gasteiger partial charge in [0, 0.05) is 0 Å². The Balaban J connectivity index is 0.00000225. The zero-order valence-corrected chi connectivity index (χ0v) is 11.3. The lowest BCUT2D eigenvalue weighted by molar-refractivity contribution is 0.219. The first-order valence-electron chi connectivity index (χ1n) is 5.12. The van der Waals surface area contributed by atoms with E-state index in [9.17, 15) is 4.57 Å². The monoisotopic (exact) mass is 264 g/mol. The zero-order valence-electron chi connectivity index (χ0n) is 9.59. The van der Waals surface area contributed by atoms with Crippen LogP contribution in [0.3, 0.4) is 0 Å². The van der Waals surface area contributed by atoms with Gasteiger partial charge in [-0.05, 0) is 19.4 Å². The lowest BCUT2D eigenvalue weighted by Crippen LogP contribution is -1.98. The van der Waals surface area contributed by atoms with E-state index in [1.54, 1.807) is 0 Å². The second kappa shape index (κ2) is 7.86. The van der Waals surface area contributed by atoms with Gasteiger partial charge in [-0.25, -0.2) is 0 Å². The molecular weight excluding hydrogens is 247 g/mol. The van der Waals surface area contributed by atoms with Crippen molar-refractivity contribution >= 4 is 20.0 Å². The van der Waals surface area contributed by atoms with E-state index >= 15 is 0 Å². The van der Waals surface area contributed by atoms with Gasteiger partial charge >= 0.3 is 7.60 Å². The average molecular weight is 265 g/mol. The van der Waals surface area contributed by atoms with E-state index in [1.165, 1.54) is 0 Å². The molecule has 0 spiro atoms. The Morgan fingerprint density at radius 2 is 1.56 bits per heavy atom. The van der Waals surface area contributed by atoms with E-state index in [-0.39, 0.29) is 12.4 Å². The molecule has 0 saturated heterocycles. The van der Waals surface area contributed by atoms with Crippen molar-refractivity contribution in [2.75, 3.05) is 13.2 Å². The molecule has 0 N–H and O–H groups in total. The summed E-state index contributed by atoms with van der Waals surface area (Å²) < 4.78 is 22.6. The predicted octanol–water partition coefficient (Wildman–Crippen LogP) is 3.87. The first-order valence-corrected chi connectivity index (χ1v) is 6.85. The van der Waals surface area contributed by atoms with Crippen molar-refractivity contribution in [2.24, 2.45) is 0 Å². The Bertz CT molecular complexity index is 319. The number of benzene rings is 1. The van der Waals surface area contributed by atoms with Crippen molar-refractivity contribution in [3.8, 4) is 0 Å². The molecule has 0 unspecified atom stereocenters. The summed E-state index contributed by atoms with van der Waals surface area (Å²) >= 11 is 0. The smallest absolute Gasteiger partial charge is 0.309 e. The molecule has 92 valence electrons. The highest BCUT2D eigenvalue weighted by atomic mass is 35.5. The van der Waals surface area contributed by atoms with Crippen molar-refractivity contribution in [1.29, 1.82) is 0 Å². The highest BCUT2D eigenvalue weighted by Crippen LogP contribution is 2.51. The molecule has 0 fully saturated rings. The summed E-state index contributed by atoms with van der Waals surface area (Å²) in [5.74, 6) is 0. The summed E-state index contributed by atoms with van der Waals surface area (Å²) in [5.41, 5.74) is 0.975.